The molecule has 0 aliphatic heterocycles. The second-order valence-corrected chi connectivity index (χ2v) is 6.67. The van der Waals surface area contributed by atoms with Crippen molar-refractivity contribution in [1.82, 2.24) is 0 Å². The van der Waals surface area contributed by atoms with Crippen molar-refractivity contribution >= 4 is 21.5 Å². The van der Waals surface area contributed by atoms with Crippen LogP contribution in [-0.2, 0) is 0 Å². The third-order valence-electron chi connectivity index (χ3n) is 5.03. The Bertz CT molecular complexity index is 1200. The van der Waals surface area contributed by atoms with Gasteiger partial charge in [-0.1, -0.05) is 91.0 Å². The van der Waals surface area contributed by atoms with E-state index in [1.807, 2.05) is 0 Å². The van der Waals surface area contributed by atoms with Gasteiger partial charge < -0.3 is 0 Å². The molecule has 0 N–H and O–H groups in total. The molecule has 0 atom stereocenters. The van der Waals surface area contributed by atoms with Crippen LogP contribution in [0.1, 0.15) is 0 Å². The fourth-order valence-electron chi connectivity index (χ4n) is 3.70. The third-order valence-corrected chi connectivity index (χ3v) is 5.03. The first kappa shape index (κ1) is 14.9. The molecule has 26 heavy (non-hydrogen) atoms. The monoisotopic (exact) mass is 330 g/mol. The molecule has 122 valence electrons. The lowest BCUT2D eigenvalue weighted by atomic mass is 9.94. The van der Waals surface area contributed by atoms with Crippen LogP contribution >= 0.6 is 0 Å². The van der Waals surface area contributed by atoms with Gasteiger partial charge in [-0.3, -0.25) is 0 Å². The van der Waals surface area contributed by atoms with Crippen LogP contribution in [0, 0.1) is 0 Å². The molecule has 0 amide bonds. The highest BCUT2D eigenvalue weighted by atomic mass is 14.1. The van der Waals surface area contributed by atoms with E-state index in [9.17, 15) is 0 Å². The lowest BCUT2D eigenvalue weighted by molar-refractivity contribution is 1.64. The van der Waals surface area contributed by atoms with Gasteiger partial charge in [0, 0.05) is 0 Å². The van der Waals surface area contributed by atoms with E-state index in [-0.39, 0.29) is 0 Å². The van der Waals surface area contributed by atoms with Crippen molar-refractivity contribution in [2.75, 3.05) is 0 Å². The molecule has 0 aliphatic carbocycles. The van der Waals surface area contributed by atoms with E-state index in [4.69, 9.17) is 0 Å². The summed E-state index contributed by atoms with van der Waals surface area (Å²) < 4.78 is 0. The zero-order valence-electron chi connectivity index (χ0n) is 14.4. The van der Waals surface area contributed by atoms with E-state index in [2.05, 4.69) is 109 Å². The Hall–Kier alpha value is -3.38. The van der Waals surface area contributed by atoms with Crippen molar-refractivity contribution < 1.29 is 0 Å². The highest BCUT2D eigenvalue weighted by molar-refractivity contribution is 6.05. The first-order valence-corrected chi connectivity index (χ1v) is 8.96. The fraction of sp³-hybridized carbons (Fsp3) is 0. The molecule has 0 aromatic heterocycles. The fourth-order valence-corrected chi connectivity index (χ4v) is 3.70. The van der Waals surface area contributed by atoms with E-state index < -0.39 is 0 Å². The maximum absolute atomic E-state index is 2.32. The van der Waals surface area contributed by atoms with Gasteiger partial charge in [-0.15, -0.1) is 0 Å². The summed E-state index contributed by atoms with van der Waals surface area (Å²) in [4.78, 5) is 0. The van der Waals surface area contributed by atoms with Gasteiger partial charge in [0.1, 0.15) is 0 Å². The second-order valence-electron chi connectivity index (χ2n) is 6.67. The molecular weight excluding hydrogens is 312 g/mol. The van der Waals surface area contributed by atoms with Crippen LogP contribution < -0.4 is 0 Å². The first-order chi connectivity index (χ1) is 12.9. The van der Waals surface area contributed by atoms with Gasteiger partial charge >= 0.3 is 0 Å². The zero-order valence-corrected chi connectivity index (χ0v) is 14.4. The molecule has 0 unspecified atom stereocenters. The van der Waals surface area contributed by atoms with Crippen molar-refractivity contribution in [1.29, 1.82) is 0 Å². The minimum Gasteiger partial charge on any atom is -0.0622 e. The molecule has 5 aromatic rings. The molecule has 0 saturated heterocycles. The first-order valence-electron chi connectivity index (χ1n) is 8.96. The average molecular weight is 330 g/mol. The number of fused-ring (bicyclic) bond motifs is 2. The Labute approximate surface area is 153 Å². The van der Waals surface area contributed by atoms with Crippen LogP contribution in [0.2, 0.25) is 0 Å². The van der Waals surface area contributed by atoms with E-state index in [1.54, 1.807) is 0 Å². The third kappa shape index (κ3) is 2.57. The van der Waals surface area contributed by atoms with Crippen LogP contribution in [0.4, 0.5) is 0 Å². The van der Waals surface area contributed by atoms with Gasteiger partial charge in [-0.2, -0.15) is 0 Å². The molecule has 0 saturated carbocycles. The summed E-state index contributed by atoms with van der Waals surface area (Å²) in [6.45, 7) is 0. The number of benzene rings is 5. The van der Waals surface area contributed by atoms with Crippen molar-refractivity contribution in [2.45, 2.75) is 0 Å². The van der Waals surface area contributed by atoms with Gasteiger partial charge in [0.25, 0.3) is 0 Å². The molecule has 0 radical (unpaired) electrons. The summed E-state index contributed by atoms with van der Waals surface area (Å²) >= 11 is 0. The summed E-state index contributed by atoms with van der Waals surface area (Å²) in [6.07, 6.45) is 0. The lowest BCUT2D eigenvalue weighted by Crippen LogP contribution is -1.83. The standard InChI is InChI=1S/C26H18/c1-3-8-19(9-4-1)21-14-15-22-18-26-23(17-24(22)16-21)12-7-13-25(26)20-10-5-2-6-11-20/h1-18H. The quantitative estimate of drug-likeness (QED) is 0.297. The molecule has 0 bridgehead atoms. The Kier molecular flexibility index (Phi) is 3.54. The Morgan fingerprint density at radius 2 is 1.08 bits per heavy atom. The predicted octanol–water partition coefficient (Wildman–Crippen LogP) is 7.33. The second kappa shape index (κ2) is 6.16. The molecule has 0 heterocycles. The Morgan fingerprint density at radius 1 is 0.346 bits per heavy atom. The minimum absolute atomic E-state index is 1.26. The highest BCUT2D eigenvalue weighted by Crippen LogP contribution is 2.33. The van der Waals surface area contributed by atoms with E-state index in [1.165, 1.54) is 43.8 Å². The SMILES string of the molecule is c1ccc(-c2ccc3cc4c(-c5ccccc5)cccc4cc3c2)cc1. The van der Waals surface area contributed by atoms with Crippen LogP contribution in [0.15, 0.2) is 109 Å². The molecule has 0 nitrogen and oxygen atoms in total. The largest absolute Gasteiger partial charge is 0.0622 e. The maximum atomic E-state index is 2.32. The smallest absolute Gasteiger partial charge is 0.00990 e. The Balaban J connectivity index is 1.73. The summed E-state index contributed by atoms with van der Waals surface area (Å²) in [5.74, 6) is 0. The van der Waals surface area contributed by atoms with Gasteiger partial charge in [-0.05, 0) is 62.0 Å². The van der Waals surface area contributed by atoms with Crippen LogP contribution in [0.5, 0.6) is 0 Å². The van der Waals surface area contributed by atoms with Gasteiger partial charge in [0.05, 0.1) is 0 Å². The lowest BCUT2D eigenvalue weighted by Gasteiger charge is -2.10. The molecular formula is C26H18. The minimum atomic E-state index is 1.26. The Morgan fingerprint density at radius 3 is 1.85 bits per heavy atom. The summed E-state index contributed by atoms with van der Waals surface area (Å²) in [7, 11) is 0. The average Bonchev–Trinajstić information content (AvgIpc) is 2.72. The van der Waals surface area contributed by atoms with E-state index in [0.29, 0.717) is 0 Å². The van der Waals surface area contributed by atoms with Crippen LogP contribution in [-0.4, -0.2) is 0 Å². The number of hydrogen-bond donors (Lipinski definition) is 0. The maximum Gasteiger partial charge on any atom is -0.00990 e. The van der Waals surface area contributed by atoms with E-state index >= 15 is 0 Å². The summed E-state index contributed by atoms with van der Waals surface area (Å²) in [6, 6.07) is 39.1. The normalized spacial score (nSPS) is 11.1. The molecule has 0 aliphatic rings. The van der Waals surface area contributed by atoms with Gasteiger partial charge in [0.2, 0.25) is 0 Å². The highest BCUT2D eigenvalue weighted by Gasteiger charge is 2.06. The van der Waals surface area contributed by atoms with Crippen molar-refractivity contribution in [3.63, 3.8) is 0 Å². The van der Waals surface area contributed by atoms with Crippen molar-refractivity contribution in [3.05, 3.63) is 109 Å². The van der Waals surface area contributed by atoms with E-state index in [0.717, 1.165) is 0 Å². The zero-order chi connectivity index (χ0) is 17.3. The molecule has 0 spiro atoms. The predicted molar refractivity (Wildman–Crippen MR) is 112 cm³/mol. The van der Waals surface area contributed by atoms with Crippen molar-refractivity contribution in [3.8, 4) is 22.3 Å². The number of rotatable bonds is 2. The van der Waals surface area contributed by atoms with Gasteiger partial charge in [-0.25, -0.2) is 0 Å². The number of hydrogen-bond acceptors (Lipinski definition) is 0. The van der Waals surface area contributed by atoms with Crippen molar-refractivity contribution in [2.24, 2.45) is 0 Å². The topological polar surface area (TPSA) is 0 Å². The van der Waals surface area contributed by atoms with Crippen LogP contribution in [0.3, 0.4) is 0 Å². The molecule has 0 heteroatoms. The molecule has 5 rings (SSSR count). The molecule has 0 fully saturated rings. The van der Waals surface area contributed by atoms with Crippen LogP contribution in [0.25, 0.3) is 43.8 Å². The molecule has 5 aromatic carbocycles. The summed E-state index contributed by atoms with van der Waals surface area (Å²) in [5, 5.41) is 5.15. The van der Waals surface area contributed by atoms with Gasteiger partial charge in [0.15, 0.2) is 0 Å². The summed E-state index contributed by atoms with van der Waals surface area (Å²) in [5.41, 5.74) is 5.07.